The van der Waals surface area contributed by atoms with Gasteiger partial charge in [0.2, 0.25) is 10.0 Å². The van der Waals surface area contributed by atoms with Crippen molar-refractivity contribution in [1.82, 2.24) is 4.90 Å². The number of nitrogens with zero attached hydrogens (tertiary/aromatic N) is 1. The van der Waals surface area contributed by atoms with Crippen LogP contribution in [0.4, 0.5) is 5.69 Å². The van der Waals surface area contributed by atoms with Crippen molar-refractivity contribution in [2.45, 2.75) is 4.90 Å². The third kappa shape index (κ3) is 6.64. The van der Waals surface area contributed by atoms with Gasteiger partial charge in [0.05, 0.1) is 9.80 Å². The topological polar surface area (TPSA) is 156 Å². The molecule has 1 fully saturated rings. The number of thiocarbonyl (C=S) groups is 1. The second-order valence-corrected chi connectivity index (χ2v) is 10.9. The minimum atomic E-state index is -3.84. The van der Waals surface area contributed by atoms with E-state index in [1.807, 2.05) is 0 Å². The quantitative estimate of drug-likeness (QED) is 0.312. The number of benzene rings is 2. The molecule has 1 aliphatic rings. The van der Waals surface area contributed by atoms with Crippen molar-refractivity contribution in [3.8, 4) is 5.75 Å². The van der Waals surface area contributed by atoms with Crippen molar-refractivity contribution in [1.29, 1.82) is 0 Å². The number of amides is 2. The molecule has 4 N–H and O–H groups in total. The molecule has 0 bridgehead atoms. The lowest BCUT2D eigenvalue weighted by Crippen LogP contribution is -2.33. The second-order valence-electron chi connectivity index (χ2n) is 6.75. The summed E-state index contributed by atoms with van der Waals surface area (Å²) in [6, 6.07) is 10.3. The van der Waals surface area contributed by atoms with Crippen molar-refractivity contribution < 1.29 is 32.6 Å². The number of hydrogen-bond donors (Lipinski definition) is 3. The van der Waals surface area contributed by atoms with Crippen LogP contribution in [0.15, 0.2) is 56.7 Å². The first-order chi connectivity index (χ1) is 15.9. The molecule has 2 aromatic carbocycles. The van der Waals surface area contributed by atoms with Crippen LogP contribution in [0, 0.1) is 0 Å². The van der Waals surface area contributed by atoms with Crippen LogP contribution in [-0.2, 0) is 24.4 Å². The lowest BCUT2D eigenvalue weighted by atomic mass is 10.2. The highest BCUT2D eigenvalue weighted by Crippen LogP contribution is 2.35. The molecule has 1 aliphatic heterocycles. The monoisotopic (exact) mass is 585 g/mol. The Morgan fingerprint density at radius 1 is 1.24 bits per heavy atom. The fourth-order valence-corrected chi connectivity index (χ4v) is 4.88. The summed E-state index contributed by atoms with van der Waals surface area (Å²) in [5, 5.41) is 16.6. The number of carbonyl (C=O) groups is 3. The van der Waals surface area contributed by atoms with Gasteiger partial charge in [-0.05, 0) is 48.5 Å². The van der Waals surface area contributed by atoms with E-state index in [9.17, 15) is 22.8 Å². The number of carbonyl (C=O) groups excluding carboxylic acids is 2. The molecule has 0 radical (unpaired) electrons. The zero-order valence-electron chi connectivity index (χ0n) is 17.1. The van der Waals surface area contributed by atoms with E-state index in [4.69, 9.17) is 27.2 Å². The van der Waals surface area contributed by atoms with Gasteiger partial charge >= 0.3 is 5.97 Å². The van der Waals surface area contributed by atoms with Gasteiger partial charge in [-0.3, -0.25) is 19.3 Å². The summed E-state index contributed by atoms with van der Waals surface area (Å²) < 4.78 is 29.1. The molecular formula is C20H16BrN3O7S3. The van der Waals surface area contributed by atoms with E-state index < -0.39 is 34.4 Å². The molecule has 1 saturated heterocycles. The summed E-state index contributed by atoms with van der Waals surface area (Å²) in [6.07, 6.45) is 1.51. The number of hydrogen-bond acceptors (Lipinski definition) is 8. The molecule has 3 rings (SSSR count). The number of sulfonamides is 1. The van der Waals surface area contributed by atoms with Crippen LogP contribution < -0.4 is 15.2 Å². The number of primary sulfonamides is 1. The Morgan fingerprint density at radius 2 is 1.91 bits per heavy atom. The molecular weight excluding hydrogens is 570 g/mol. The van der Waals surface area contributed by atoms with Gasteiger partial charge in [-0.2, -0.15) is 0 Å². The summed E-state index contributed by atoms with van der Waals surface area (Å²) in [5.41, 5.74) is 0.814. The van der Waals surface area contributed by atoms with Crippen molar-refractivity contribution in [3.63, 3.8) is 0 Å². The average molecular weight is 586 g/mol. The number of aliphatic carboxylic acids is 1. The second kappa shape index (κ2) is 10.7. The number of nitrogens with one attached hydrogen (secondary N) is 1. The molecule has 0 atom stereocenters. The molecule has 2 aromatic rings. The first-order valence-corrected chi connectivity index (χ1v) is 12.8. The highest BCUT2D eigenvalue weighted by molar-refractivity contribution is 9.10. The summed E-state index contributed by atoms with van der Waals surface area (Å²) in [5.74, 6) is -1.94. The normalized spacial score (nSPS) is 15.0. The number of thioether (sulfide) groups is 1. The van der Waals surface area contributed by atoms with Crippen LogP contribution in [0.2, 0.25) is 0 Å². The summed E-state index contributed by atoms with van der Waals surface area (Å²) >= 11 is 9.40. The molecule has 2 amide bonds. The van der Waals surface area contributed by atoms with Gasteiger partial charge in [0.25, 0.3) is 11.8 Å². The van der Waals surface area contributed by atoms with Crippen LogP contribution in [0.1, 0.15) is 5.56 Å². The fraction of sp³-hybridized carbons (Fsp3) is 0.100. The maximum Gasteiger partial charge on any atom is 0.323 e. The van der Waals surface area contributed by atoms with E-state index in [0.717, 1.165) is 16.7 Å². The third-order valence-electron chi connectivity index (χ3n) is 4.25. The van der Waals surface area contributed by atoms with Crippen molar-refractivity contribution >= 4 is 83.8 Å². The Kier molecular flexibility index (Phi) is 8.09. The van der Waals surface area contributed by atoms with Crippen LogP contribution in [0.5, 0.6) is 5.75 Å². The predicted octanol–water partition coefficient (Wildman–Crippen LogP) is 2.40. The smallest absolute Gasteiger partial charge is 0.323 e. The highest BCUT2D eigenvalue weighted by Gasteiger charge is 2.33. The number of nitrogens with two attached hydrogens (primary N) is 1. The number of anilines is 1. The van der Waals surface area contributed by atoms with E-state index in [2.05, 4.69) is 21.2 Å². The van der Waals surface area contributed by atoms with Gasteiger partial charge in [-0.1, -0.05) is 39.9 Å². The number of ether oxygens (including phenoxy) is 1. The number of rotatable bonds is 8. The Morgan fingerprint density at radius 3 is 2.53 bits per heavy atom. The Hall–Kier alpha value is -2.78. The lowest BCUT2D eigenvalue weighted by Gasteiger charge is -2.11. The molecule has 14 heteroatoms. The van der Waals surface area contributed by atoms with Crippen LogP contribution in [0.25, 0.3) is 6.08 Å². The summed E-state index contributed by atoms with van der Waals surface area (Å²) in [6.45, 7) is -0.915. The van der Waals surface area contributed by atoms with Gasteiger partial charge in [-0.25, -0.2) is 13.6 Å². The van der Waals surface area contributed by atoms with Gasteiger partial charge in [-0.15, -0.1) is 0 Å². The van der Waals surface area contributed by atoms with Gasteiger partial charge in [0.15, 0.2) is 6.61 Å². The molecule has 0 unspecified atom stereocenters. The summed E-state index contributed by atoms with van der Waals surface area (Å²) in [7, 11) is -3.84. The lowest BCUT2D eigenvalue weighted by molar-refractivity contribution is -0.140. The molecule has 10 nitrogen and oxygen atoms in total. The first kappa shape index (κ1) is 25.8. The molecule has 0 spiro atoms. The molecule has 178 valence electrons. The van der Waals surface area contributed by atoms with Gasteiger partial charge < -0.3 is 15.2 Å². The van der Waals surface area contributed by atoms with Crippen LogP contribution in [0.3, 0.4) is 0 Å². The Balaban J connectivity index is 1.71. The largest absolute Gasteiger partial charge is 0.483 e. The van der Waals surface area contributed by atoms with Crippen LogP contribution >= 0.6 is 39.9 Å². The third-order valence-corrected chi connectivity index (χ3v) is 7.05. The fourth-order valence-electron chi connectivity index (χ4n) is 2.74. The minimum Gasteiger partial charge on any atom is -0.483 e. The standard InChI is InChI=1S/C20H16BrN3O7S3/c21-12-1-6-15(11(7-12)8-16-19(28)24(9-18(26)27)20(32)33-16)31-10-17(25)23-13-2-4-14(5-3-13)34(22,29)30/h1-8H,9-10H2,(H,23,25)(H,26,27)(H2,22,29,30)/b16-8-. The van der Waals surface area contributed by atoms with Crippen molar-refractivity contribution in [3.05, 3.63) is 57.4 Å². The minimum absolute atomic E-state index is 0.0879. The molecule has 34 heavy (non-hydrogen) atoms. The maximum absolute atomic E-state index is 12.5. The maximum atomic E-state index is 12.5. The number of carboxylic acids is 1. The Labute approximate surface area is 212 Å². The van der Waals surface area contributed by atoms with E-state index >= 15 is 0 Å². The van der Waals surface area contributed by atoms with E-state index in [-0.39, 0.29) is 20.7 Å². The molecule has 1 heterocycles. The first-order valence-electron chi connectivity index (χ1n) is 9.26. The number of halogens is 1. The number of carboxylic acid groups (broad SMARTS) is 1. The SMILES string of the molecule is NS(=O)(=O)c1ccc(NC(=O)COc2ccc(Br)cc2/C=C2\SC(=S)N(CC(=O)O)C2=O)cc1. The molecule has 0 aromatic heterocycles. The predicted molar refractivity (Wildman–Crippen MR) is 134 cm³/mol. The summed E-state index contributed by atoms with van der Waals surface area (Å²) in [4.78, 5) is 36.9. The Bertz CT molecular complexity index is 1310. The van der Waals surface area contributed by atoms with Gasteiger partial charge in [0.1, 0.15) is 16.6 Å². The molecule has 0 saturated carbocycles. The van der Waals surface area contributed by atoms with E-state index in [1.165, 1.54) is 30.3 Å². The van der Waals surface area contributed by atoms with Crippen molar-refractivity contribution in [2.75, 3.05) is 18.5 Å². The zero-order chi connectivity index (χ0) is 25.0. The van der Waals surface area contributed by atoms with Gasteiger partial charge in [0, 0.05) is 15.7 Å². The van der Waals surface area contributed by atoms with E-state index in [0.29, 0.717) is 21.5 Å². The highest BCUT2D eigenvalue weighted by atomic mass is 79.9. The zero-order valence-corrected chi connectivity index (χ0v) is 21.1. The average Bonchev–Trinajstić information content (AvgIpc) is 3.00. The van der Waals surface area contributed by atoms with E-state index in [1.54, 1.807) is 18.2 Å². The molecule has 0 aliphatic carbocycles. The van der Waals surface area contributed by atoms with Crippen molar-refractivity contribution in [2.24, 2.45) is 5.14 Å². The van der Waals surface area contributed by atoms with Crippen LogP contribution in [-0.4, -0.2) is 53.7 Å².